The van der Waals surface area contributed by atoms with Crippen molar-refractivity contribution in [3.05, 3.63) is 79.6 Å². The fourth-order valence-electron chi connectivity index (χ4n) is 4.62. The predicted molar refractivity (Wildman–Crippen MR) is 146 cm³/mol. The van der Waals surface area contributed by atoms with Crippen molar-refractivity contribution in [1.29, 1.82) is 0 Å². The van der Waals surface area contributed by atoms with Gasteiger partial charge in [-0.2, -0.15) is 0 Å². The molecule has 3 heterocycles. The molecule has 1 aliphatic rings. The van der Waals surface area contributed by atoms with Gasteiger partial charge in [-0.1, -0.05) is 50.7 Å². The van der Waals surface area contributed by atoms with E-state index in [0.29, 0.717) is 39.9 Å². The third-order valence-corrected chi connectivity index (χ3v) is 7.62. The number of amides is 1. The summed E-state index contributed by atoms with van der Waals surface area (Å²) in [4.78, 5) is 29.3. The van der Waals surface area contributed by atoms with Gasteiger partial charge in [0.1, 0.15) is 16.3 Å². The van der Waals surface area contributed by atoms with Crippen LogP contribution in [0.5, 0.6) is 5.75 Å². The van der Waals surface area contributed by atoms with Crippen molar-refractivity contribution in [3.63, 3.8) is 0 Å². The first-order valence-electron chi connectivity index (χ1n) is 12.7. The van der Waals surface area contributed by atoms with Gasteiger partial charge in [-0.05, 0) is 67.1 Å². The molecule has 37 heavy (non-hydrogen) atoms. The van der Waals surface area contributed by atoms with E-state index in [1.54, 1.807) is 4.90 Å². The van der Waals surface area contributed by atoms with Crippen LogP contribution in [-0.4, -0.2) is 22.7 Å². The molecule has 7 nitrogen and oxygen atoms in total. The van der Waals surface area contributed by atoms with Gasteiger partial charge in [0.2, 0.25) is 10.9 Å². The van der Waals surface area contributed by atoms with Crippen LogP contribution in [0.3, 0.4) is 0 Å². The number of rotatable bonds is 8. The maximum absolute atomic E-state index is 13.9. The quantitative estimate of drug-likeness (QED) is 0.252. The molecule has 1 unspecified atom stereocenters. The molecule has 0 N–H and O–H groups in total. The Morgan fingerprint density at radius 1 is 1.11 bits per heavy atom. The third-order valence-electron chi connectivity index (χ3n) is 6.67. The Labute approximate surface area is 220 Å². The van der Waals surface area contributed by atoms with Crippen LogP contribution < -0.4 is 15.1 Å². The van der Waals surface area contributed by atoms with Gasteiger partial charge in [-0.3, -0.25) is 14.5 Å². The molecule has 5 rings (SSSR count). The van der Waals surface area contributed by atoms with Gasteiger partial charge in [-0.25, -0.2) is 0 Å². The molecule has 1 amide bonds. The lowest BCUT2D eigenvalue weighted by Gasteiger charge is -2.22. The average molecular weight is 518 g/mol. The van der Waals surface area contributed by atoms with Crippen LogP contribution in [0.2, 0.25) is 0 Å². The molecule has 1 atom stereocenters. The number of hydrogen-bond acceptors (Lipinski definition) is 7. The molecular formula is C29H31N3O4S. The lowest BCUT2D eigenvalue weighted by molar-refractivity contribution is 0.0970. The van der Waals surface area contributed by atoms with E-state index in [0.717, 1.165) is 41.0 Å². The molecule has 2 aromatic heterocycles. The first kappa shape index (κ1) is 25.1. The Kier molecular flexibility index (Phi) is 6.86. The van der Waals surface area contributed by atoms with Gasteiger partial charge in [0.05, 0.1) is 23.6 Å². The fraction of sp³-hybridized carbons (Fsp3) is 0.379. The highest BCUT2D eigenvalue weighted by Gasteiger charge is 2.45. The van der Waals surface area contributed by atoms with Gasteiger partial charge in [-0.15, -0.1) is 10.2 Å². The number of aryl methyl sites for hydroxylation is 2. The molecule has 0 saturated carbocycles. The summed E-state index contributed by atoms with van der Waals surface area (Å²) in [6.07, 6.45) is 2.73. The number of hydrogen-bond donors (Lipinski definition) is 0. The van der Waals surface area contributed by atoms with E-state index in [1.807, 2.05) is 50.2 Å². The Bertz CT molecular complexity index is 1540. The molecule has 0 aliphatic carbocycles. The standard InChI is InChI=1S/C29H31N3O4S/c1-6-7-11-35-20-10-8-9-19(15-20)25-24-26(33)21-13-17(4)18(5)14-22(21)36-27(24)28(34)32(25)29-31-30-23(37-29)12-16(2)3/h8-10,13-16,25H,6-7,11-12H2,1-5H3. The summed E-state index contributed by atoms with van der Waals surface area (Å²) in [6.45, 7) is 10.9. The third kappa shape index (κ3) is 4.66. The molecule has 2 aromatic carbocycles. The summed E-state index contributed by atoms with van der Waals surface area (Å²) in [5, 5.41) is 10.5. The van der Waals surface area contributed by atoms with E-state index in [2.05, 4.69) is 31.0 Å². The molecule has 0 saturated heterocycles. The summed E-state index contributed by atoms with van der Waals surface area (Å²) >= 11 is 1.38. The second-order valence-corrected chi connectivity index (χ2v) is 11.1. The highest BCUT2D eigenvalue weighted by molar-refractivity contribution is 7.15. The lowest BCUT2D eigenvalue weighted by atomic mass is 9.97. The molecule has 4 aromatic rings. The molecule has 8 heteroatoms. The van der Waals surface area contributed by atoms with Crippen molar-refractivity contribution in [1.82, 2.24) is 10.2 Å². The number of fused-ring (bicyclic) bond motifs is 2. The molecule has 0 spiro atoms. The second kappa shape index (κ2) is 10.1. The Morgan fingerprint density at radius 3 is 2.65 bits per heavy atom. The van der Waals surface area contributed by atoms with Gasteiger partial charge >= 0.3 is 0 Å². The highest BCUT2D eigenvalue weighted by atomic mass is 32.1. The number of carbonyl (C=O) groups excluding carboxylic acids is 1. The van der Waals surface area contributed by atoms with Gasteiger partial charge in [0.15, 0.2) is 5.43 Å². The number of benzene rings is 2. The van der Waals surface area contributed by atoms with Crippen molar-refractivity contribution in [3.8, 4) is 5.75 Å². The SMILES string of the molecule is CCCCOc1cccc(C2c3c(oc4cc(C)c(C)cc4c3=O)C(=O)N2c2nnc(CC(C)C)s2)c1. The van der Waals surface area contributed by atoms with Crippen LogP contribution in [0.25, 0.3) is 11.0 Å². The van der Waals surface area contributed by atoms with E-state index >= 15 is 0 Å². The average Bonchev–Trinajstić information content (AvgIpc) is 3.42. The van der Waals surface area contributed by atoms with E-state index in [4.69, 9.17) is 9.15 Å². The van der Waals surface area contributed by atoms with Gasteiger partial charge in [0.25, 0.3) is 5.91 Å². The zero-order valence-electron chi connectivity index (χ0n) is 21.8. The maximum atomic E-state index is 13.9. The zero-order valence-corrected chi connectivity index (χ0v) is 22.6. The molecule has 192 valence electrons. The van der Waals surface area contributed by atoms with Crippen molar-refractivity contribution in [2.75, 3.05) is 11.5 Å². The number of nitrogens with zero attached hydrogens (tertiary/aromatic N) is 3. The highest BCUT2D eigenvalue weighted by Crippen LogP contribution is 2.43. The summed E-state index contributed by atoms with van der Waals surface area (Å²) in [7, 11) is 0. The second-order valence-electron chi connectivity index (χ2n) is 10.0. The number of carbonyl (C=O) groups is 1. The van der Waals surface area contributed by atoms with Gasteiger partial charge < -0.3 is 9.15 Å². The van der Waals surface area contributed by atoms with E-state index < -0.39 is 6.04 Å². The lowest BCUT2D eigenvalue weighted by Crippen LogP contribution is -2.29. The number of aromatic nitrogens is 2. The Hall–Kier alpha value is -3.52. The van der Waals surface area contributed by atoms with E-state index in [1.165, 1.54) is 11.3 Å². The normalized spacial score (nSPS) is 15.1. The summed E-state index contributed by atoms with van der Waals surface area (Å²) < 4.78 is 12.1. The molecule has 0 radical (unpaired) electrons. The van der Waals surface area contributed by atoms with Crippen molar-refractivity contribution >= 4 is 33.3 Å². The fourth-order valence-corrected chi connectivity index (χ4v) is 5.70. The summed E-state index contributed by atoms with van der Waals surface area (Å²) in [6, 6.07) is 10.6. The molecule has 1 aliphatic heterocycles. The van der Waals surface area contributed by atoms with Crippen LogP contribution in [0, 0.1) is 19.8 Å². The minimum absolute atomic E-state index is 0.0590. The van der Waals surface area contributed by atoms with E-state index in [9.17, 15) is 9.59 Å². The van der Waals surface area contributed by atoms with Crippen molar-refractivity contribution in [2.45, 2.75) is 59.9 Å². The van der Waals surface area contributed by atoms with Crippen LogP contribution in [0.4, 0.5) is 5.13 Å². The summed E-state index contributed by atoms with van der Waals surface area (Å²) in [5.41, 5.74) is 3.28. The Balaban J connectivity index is 1.69. The zero-order chi connectivity index (χ0) is 26.3. The maximum Gasteiger partial charge on any atom is 0.297 e. The van der Waals surface area contributed by atoms with Crippen LogP contribution >= 0.6 is 11.3 Å². The van der Waals surface area contributed by atoms with Crippen LogP contribution in [0.1, 0.15) is 77.5 Å². The van der Waals surface area contributed by atoms with Crippen LogP contribution in [0.15, 0.2) is 45.6 Å². The first-order valence-corrected chi connectivity index (χ1v) is 13.6. The smallest absolute Gasteiger partial charge is 0.297 e. The molecule has 0 bridgehead atoms. The summed E-state index contributed by atoms with van der Waals surface area (Å²) in [5.74, 6) is 0.770. The first-order chi connectivity index (χ1) is 17.8. The number of unbranched alkanes of at least 4 members (excludes halogenated alkanes) is 1. The number of ether oxygens (including phenoxy) is 1. The van der Waals surface area contributed by atoms with Crippen molar-refractivity contribution < 1.29 is 13.9 Å². The minimum atomic E-state index is -0.695. The van der Waals surface area contributed by atoms with E-state index in [-0.39, 0.29) is 17.1 Å². The van der Waals surface area contributed by atoms with Gasteiger partial charge in [0, 0.05) is 6.42 Å². The van der Waals surface area contributed by atoms with Crippen LogP contribution in [-0.2, 0) is 6.42 Å². The predicted octanol–water partition coefficient (Wildman–Crippen LogP) is 6.39. The monoisotopic (exact) mass is 517 g/mol. The number of anilines is 1. The Morgan fingerprint density at radius 2 is 1.89 bits per heavy atom. The van der Waals surface area contributed by atoms with Crippen molar-refractivity contribution in [2.24, 2.45) is 5.92 Å². The topological polar surface area (TPSA) is 85.5 Å². The largest absolute Gasteiger partial charge is 0.494 e. The molecular weight excluding hydrogens is 486 g/mol. The minimum Gasteiger partial charge on any atom is -0.494 e. The molecule has 0 fully saturated rings.